The van der Waals surface area contributed by atoms with Gasteiger partial charge in [-0.2, -0.15) is 0 Å². The van der Waals surface area contributed by atoms with Crippen molar-refractivity contribution in [2.75, 3.05) is 10.2 Å². The molecule has 7 nitrogen and oxygen atoms in total. The summed E-state index contributed by atoms with van der Waals surface area (Å²) in [5.74, 6) is -0.857. The Morgan fingerprint density at radius 3 is 2.45 bits per heavy atom. The van der Waals surface area contributed by atoms with Crippen molar-refractivity contribution in [1.29, 1.82) is 0 Å². The van der Waals surface area contributed by atoms with Gasteiger partial charge in [0.15, 0.2) is 5.11 Å². The molecule has 1 aliphatic rings. The van der Waals surface area contributed by atoms with E-state index in [4.69, 9.17) is 12.2 Å². The van der Waals surface area contributed by atoms with E-state index < -0.39 is 22.7 Å². The van der Waals surface area contributed by atoms with Crippen molar-refractivity contribution in [3.8, 4) is 0 Å². The summed E-state index contributed by atoms with van der Waals surface area (Å²) in [6, 6.07) is 20.1. The van der Waals surface area contributed by atoms with Gasteiger partial charge in [0.25, 0.3) is 11.6 Å². The van der Waals surface area contributed by atoms with Gasteiger partial charge in [0.05, 0.1) is 16.5 Å². The van der Waals surface area contributed by atoms with Crippen LogP contribution in [-0.2, 0) is 4.79 Å². The molecular weight excluding hydrogens is 443 g/mol. The summed E-state index contributed by atoms with van der Waals surface area (Å²) in [6.45, 7) is 1.77. The molecule has 1 heterocycles. The van der Waals surface area contributed by atoms with Crippen LogP contribution < -0.4 is 15.5 Å². The first-order valence-corrected chi connectivity index (χ1v) is 10.4. The van der Waals surface area contributed by atoms with Crippen LogP contribution in [-0.4, -0.2) is 15.9 Å². The second-order valence-corrected chi connectivity index (χ2v) is 7.75. The minimum Gasteiger partial charge on any atom is -0.351 e. The van der Waals surface area contributed by atoms with Crippen LogP contribution in [0.5, 0.6) is 0 Å². The van der Waals surface area contributed by atoms with Crippen molar-refractivity contribution >= 4 is 40.3 Å². The van der Waals surface area contributed by atoms with Gasteiger partial charge in [-0.1, -0.05) is 30.3 Å². The molecule has 0 radical (unpaired) electrons. The summed E-state index contributed by atoms with van der Waals surface area (Å²) in [5.41, 5.74) is 2.50. The number of hydrogen-bond donors (Lipinski definition) is 2. The molecule has 3 aromatic rings. The van der Waals surface area contributed by atoms with Gasteiger partial charge in [-0.15, -0.1) is 0 Å². The third-order valence-electron chi connectivity index (χ3n) is 5.26. The number of carbonyl (C=O) groups is 1. The molecule has 0 bridgehead atoms. The monoisotopic (exact) mass is 462 g/mol. The smallest absolute Gasteiger partial charge is 0.269 e. The van der Waals surface area contributed by atoms with E-state index in [-0.39, 0.29) is 5.69 Å². The third-order valence-corrected chi connectivity index (χ3v) is 5.56. The van der Waals surface area contributed by atoms with Gasteiger partial charge in [0.2, 0.25) is 0 Å². The lowest BCUT2D eigenvalue weighted by atomic mass is 9.93. The maximum atomic E-state index is 13.4. The summed E-state index contributed by atoms with van der Waals surface area (Å²) in [6.07, 6.45) is 0. The summed E-state index contributed by atoms with van der Waals surface area (Å²) in [4.78, 5) is 26.0. The van der Waals surface area contributed by atoms with Crippen LogP contribution in [0.15, 0.2) is 90.1 Å². The van der Waals surface area contributed by atoms with Gasteiger partial charge in [0.1, 0.15) is 5.82 Å². The first-order valence-electron chi connectivity index (χ1n) is 10.0. The van der Waals surface area contributed by atoms with Crippen molar-refractivity contribution < 1.29 is 14.1 Å². The van der Waals surface area contributed by atoms with Crippen LogP contribution in [0.4, 0.5) is 21.5 Å². The largest absolute Gasteiger partial charge is 0.351 e. The number of hydrogen-bond acceptors (Lipinski definition) is 4. The number of nitrogens with one attached hydrogen (secondary N) is 2. The van der Waals surface area contributed by atoms with Crippen LogP contribution in [0, 0.1) is 15.9 Å². The van der Waals surface area contributed by atoms with Gasteiger partial charge in [-0.3, -0.25) is 19.8 Å². The molecule has 166 valence electrons. The van der Waals surface area contributed by atoms with Crippen molar-refractivity contribution in [3.63, 3.8) is 0 Å². The van der Waals surface area contributed by atoms with E-state index in [9.17, 15) is 19.3 Å². The zero-order valence-corrected chi connectivity index (χ0v) is 18.3. The molecule has 4 rings (SSSR count). The first kappa shape index (κ1) is 22.1. The number of non-ortho nitro benzene ring substituents is 1. The van der Waals surface area contributed by atoms with Gasteiger partial charge < -0.3 is 10.6 Å². The van der Waals surface area contributed by atoms with Gasteiger partial charge in [-0.25, -0.2) is 4.39 Å². The number of nitro benzene ring substituents is 1. The van der Waals surface area contributed by atoms with E-state index in [1.54, 1.807) is 24.0 Å². The van der Waals surface area contributed by atoms with Crippen molar-refractivity contribution in [1.82, 2.24) is 5.32 Å². The average molecular weight is 463 g/mol. The van der Waals surface area contributed by atoms with Crippen LogP contribution in [0.25, 0.3) is 0 Å². The molecule has 1 atom stereocenters. The molecule has 1 aliphatic heterocycles. The number of benzene rings is 3. The van der Waals surface area contributed by atoms with Crippen LogP contribution in [0.2, 0.25) is 0 Å². The number of nitro groups is 1. The average Bonchev–Trinajstić information content (AvgIpc) is 2.81. The molecule has 0 aromatic heterocycles. The summed E-state index contributed by atoms with van der Waals surface area (Å²) >= 11 is 5.60. The molecule has 0 fully saturated rings. The van der Waals surface area contributed by atoms with Crippen molar-refractivity contribution in [2.45, 2.75) is 13.0 Å². The standard InChI is InChI=1S/C24H19FN4O3S/c1-15-21(23(30)26-18-12-10-17(25)11-13-18)22(16-6-5-9-20(14-16)29(31)32)27-24(33)28(15)19-7-3-2-4-8-19/h2-14,22H,1H3,(H,26,30)(H,27,33). The highest BCUT2D eigenvalue weighted by atomic mass is 32.1. The number of allylic oxidation sites excluding steroid dienone is 1. The molecule has 2 N–H and O–H groups in total. The Labute approximate surface area is 194 Å². The molecule has 9 heteroatoms. The third kappa shape index (κ3) is 4.58. The molecule has 0 aliphatic carbocycles. The highest BCUT2D eigenvalue weighted by Gasteiger charge is 2.35. The van der Waals surface area contributed by atoms with E-state index in [1.807, 2.05) is 30.3 Å². The van der Waals surface area contributed by atoms with Gasteiger partial charge >= 0.3 is 0 Å². The maximum absolute atomic E-state index is 13.4. The van der Waals surface area contributed by atoms with E-state index in [0.717, 1.165) is 5.69 Å². The Bertz CT molecular complexity index is 1260. The molecule has 3 aromatic carbocycles. The highest BCUT2D eigenvalue weighted by molar-refractivity contribution is 7.80. The Morgan fingerprint density at radius 2 is 1.79 bits per heavy atom. The van der Waals surface area contributed by atoms with Gasteiger partial charge in [0, 0.05) is 29.2 Å². The van der Waals surface area contributed by atoms with E-state index >= 15 is 0 Å². The van der Waals surface area contributed by atoms with Crippen molar-refractivity contribution in [3.05, 3.63) is 112 Å². The quantitative estimate of drug-likeness (QED) is 0.312. The van der Waals surface area contributed by atoms with E-state index in [1.165, 1.54) is 36.4 Å². The lowest BCUT2D eigenvalue weighted by Crippen LogP contribution is -2.48. The number of nitrogens with zero attached hydrogens (tertiary/aromatic N) is 2. The number of thiocarbonyl (C=S) groups is 1. The molecule has 33 heavy (non-hydrogen) atoms. The zero-order valence-electron chi connectivity index (χ0n) is 17.5. The second kappa shape index (κ2) is 9.17. The fraction of sp³-hybridized carbons (Fsp3) is 0.0833. The number of halogens is 1. The molecule has 1 amide bonds. The fourth-order valence-electron chi connectivity index (χ4n) is 3.72. The summed E-state index contributed by atoms with van der Waals surface area (Å²) in [5, 5.41) is 17.6. The predicted molar refractivity (Wildman–Crippen MR) is 128 cm³/mol. The van der Waals surface area contributed by atoms with Crippen molar-refractivity contribution in [2.24, 2.45) is 0 Å². The number of anilines is 2. The Hall–Kier alpha value is -4.11. The second-order valence-electron chi connectivity index (χ2n) is 7.37. The topological polar surface area (TPSA) is 87.5 Å². The minimum absolute atomic E-state index is 0.0957. The normalized spacial score (nSPS) is 15.8. The Kier molecular flexibility index (Phi) is 6.14. The molecule has 0 saturated heterocycles. The number of para-hydroxylation sites is 1. The molecule has 1 unspecified atom stereocenters. The van der Waals surface area contributed by atoms with E-state index in [0.29, 0.717) is 27.6 Å². The van der Waals surface area contributed by atoms with Crippen LogP contribution in [0.3, 0.4) is 0 Å². The predicted octanol–water partition coefficient (Wildman–Crippen LogP) is 5.08. The summed E-state index contributed by atoms with van der Waals surface area (Å²) in [7, 11) is 0. The zero-order chi connectivity index (χ0) is 23.5. The first-order chi connectivity index (χ1) is 15.8. The Morgan fingerprint density at radius 1 is 1.09 bits per heavy atom. The number of carbonyl (C=O) groups excluding carboxylic acids is 1. The molecule has 0 spiro atoms. The summed E-state index contributed by atoms with van der Waals surface area (Å²) < 4.78 is 13.3. The number of rotatable bonds is 5. The minimum atomic E-state index is -0.724. The van der Waals surface area contributed by atoms with Crippen LogP contribution >= 0.6 is 12.2 Å². The van der Waals surface area contributed by atoms with E-state index in [2.05, 4.69) is 10.6 Å². The highest BCUT2D eigenvalue weighted by Crippen LogP contribution is 2.35. The van der Waals surface area contributed by atoms with Gasteiger partial charge in [-0.05, 0) is 61.1 Å². The Balaban J connectivity index is 1.81. The maximum Gasteiger partial charge on any atom is 0.269 e. The fourth-order valence-corrected chi connectivity index (χ4v) is 4.08. The molecular formula is C24H19FN4O3S. The number of amides is 1. The SMILES string of the molecule is CC1=C(C(=O)Nc2ccc(F)cc2)C(c2cccc([N+](=O)[O-])c2)NC(=S)N1c1ccccc1. The lowest BCUT2D eigenvalue weighted by molar-refractivity contribution is -0.384. The molecule has 0 saturated carbocycles. The van der Waals surface area contributed by atoms with Crippen LogP contribution in [0.1, 0.15) is 18.5 Å². The lowest BCUT2D eigenvalue weighted by Gasteiger charge is -2.37.